The van der Waals surface area contributed by atoms with Gasteiger partial charge in [-0.3, -0.25) is 0 Å². The van der Waals surface area contributed by atoms with E-state index in [1.54, 1.807) is 0 Å². The molecule has 0 radical (unpaired) electrons. The van der Waals surface area contributed by atoms with E-state index in [1.165, 1.54) is 12.8 Å². The lowest BCUT2D eigenvalue weighted by Gasteiger charge is -2.00. The molecule has 0 aromatic heterocycles. The van der Waals surface area contributed by atoms with Crippen LogP contribution in [0.15, 0.2) is 0 Å². The van der Waals surface area contributed by atoms with Crippen LogP contribution in [0.5, 0.6) is 0 Å². The molecule has 0 aliphatic heterocycles. The maximum Gasteiger partial charge on any atom is 0.118 e. The predicted octanol–water partition coefficient (Wildman–Crippen LogP) is 1.77. The monoisotopic (exact) mass is 116 g/mol. The largest absolute Gasteiger partial charge is 0.330 e. The van der Waals surface area contributed by atoms with Crippen molar-refractivity contribution in [2.75, 3.05) is 6.54 Å². The first-order chi connectivity index (χ1) is 4.27. The molecule has 2 N–H and O–H groups in total. The van der Waals surface area contributed by atoms with Gasteiger partial charge in [-0.1, -0.05) is 26.7 Å². The quantitative estimate of drug-likeness (QED) is 0.544. The van der Waals surface area contributed by atoms with Crippen molar-refractivity contribution in [2.24, 2.45) is 11.6 Å². The van der Waals surface area contributed by atoms with Crippen molar-refractivity contribution in [1.82, 2.24) is 0 Å². The van der Waals surface area contributed by atoms with Gasteiger partial charge in [0.2, 0.25) is 0 Å². The highest BCUT2D eigenvalue weighted by atomic mass is 14.5. The molecule has 8 heavy (non-hydrogen) atoms. The van der Waals surface area contributed by atoms with Crippen LogP contribution in [0.1, 0.15) is 33.1 Å². The lowest BCUT2D eigenvalue weighted by molar-refractivity contribution is 0.541. The number of unbranched alkanes of at least 4 members (excludes halogenated alkanes) is 1. The summed E-state index contributed by atoms with van der Waals surface area (Å²) in [5.74, 6) is 0.815. The van der Waals surface area contributed by atoms with Crippen LogP contribution in [0.25, 0.3) is 0 Å². The van der Waals surface area contributed by atoms with E-state index in [0.717, 1.165) is 18.9 Å². The van der Waals surface area contributed by atoms with Gasteiger partial charge in [-0.25, -0.2) is 0 Å². The standard InChI is InChI=1S/C7H17N/c1-7(2)5-3-4-6-8/h7H,3-6,8H2,1-2H3/i/hD. The summed E-state index contributed by atoms with van der Waals surface area (Å²) >= 11 is 0. The van der Waals surface area contributed by atoms with Gasteiger partial charge in [0.25, 0.3) is 0 Å². The minimum Gasteiger partial charge on any atom is -0.330 e. The Labute approximate surface area is 53.7 Å². The normalized spacial score (nSPS) is 12.1. The molecule has 0 saturated carbocycles. The first-order valence-electron chi connectivity index (χ1n) is 3.92. The van der Waals surface area contributed by atoms with Gasteiger partial charge in [0.05, 0.1) is 0 Å². The maximum absolute atomic E-state index is 6.64. The lowest BCUT2D eigenvalue weighted by atomic mass is 10.1. The van der Waals surface area contributed by atoms with Crippen molar-refractivity contribution < 1.29 is 1.41 Å². The summed E-state index contributed by atoms with van der Waals surface area (Å²) in [6, 6.07) is 0. The molecule has 0 aromatic carbocycles. The molecule has 0 saturated heterocycles. The molecule has 1 heteroatoms. The summed E-state index contributed by atoms with van der Waals surface area (Å²) in [5.41, 5.74) is 2.39. The molecule has 0 bridgehead atoms. The van der Waals surface area contributed by atoms with Crippen molar-refractivity contribution in [2.45, 2.75) is 33.1 Å². The van der Waals surface area contributed by atoms with Crippen LogP contribution in [-0.4, -0.2) is 6.54 Å². The highest BCUT2D eigenvalue weighted by molar-refractivity contribution is 4.45. The molecule has 50 valence electrons. The Morgan fingerprint density at radius 3 is 2.75 bits per heavy atom. The summed E-state index contributed by atoms with van der Waals surface area (Å²) in [5, 5.41) is 0. The third kappa shape index (κ3) is 5.96. The Hall–Kier alpha value is -0.0400. The molecule has 0 unspecified atom stereocenters. The summed E-state index contributed by atoms with van der Waals surface area (Å²) in [7, 11) is 0. The number of rotatable bonds is 5. The van der Waals surface area contributed by atoms with E-state index in [-0.39, 0.29) is 0 Å². The SMILES string of the molecule is [2H]NCCCCC(C)C. The van der Waals surface area contributed by atoms with Gasteiger partial charge in [0.1, 0.15) is 1.41 Å². The summed E-state index contributed by atoms with van der Waals surface area (Å²) in [4.78, 5) is 0. The van der Waals surface area contributed by atoms with Crippen LogP contribution in [0, 0.1) is 5.92 Å². The van der Waals surface area contributed by atoms with Crippen LogP contribution >= 0.6 is 0 Å². The molecule has 0 heterocycles. The van der Waals surface area contributed by atoms with Crippen LogP contribution in [0.3, 0.4) is 0 Å². The topological polar surface area (TPSA) is 26.0 Å². The molecule has 0 spiro atoms. The molecule has 0 aliphatic carbocycles. The Balaban J connectivity index is 2.75. The molecule has 1 nitrogen and oxygen atoms in total. The van der Waals surface area contributed by atoms with E-state index in [1.807, 2.05) is 0 Å². The van der Waals surface area contributed by atoms with Gasteiger partial charge in [0.15, 0.2) is 0 Å². The van der Waals surface area contributed by atoms with E-state index in [2.05, 4.69) is 19.6 Å². The summed E-state index contributed by atoms with van der Waals surface area (Å²) in [6.07, 6.45) is 3.69. The zero-order valence-electron chi connectivity index (χ0n) is 6.91. The highest BCUT2D eigenvalue weighted by Gasteiger charge is 1.90. The Kier molecular flexibility index (Phi) is 3.88. The Bertz CT molecular complexity index is 54.9. The van der Waals surface area contributed by atoms with E-state index in [0.29, 0.717) is 0 Å². The zero-order chi connectivity index (χ0) is 7.11. The fraction of sp³-hybridized carbons (Fsp3) is 1.00. The first kappa shape index (κ1) is 6.09. The van der Waals surface area contributed by atoms with E-state index >= 15 is 0 Å². The number of nitrogens with two attached hydrogens (primary N) is 1. The second-order valence-corrected chi connectivity index (χ2v) is 2.64. The van der Waals surface area contributed by atoms with Crippen LogP contribution in [0.2, 0.25) is 1.41 Å². The number of hydrogen-bond acceptors (Lipinski definition) is 1. The summed E-state index contributed by atoms with van der Waals surface area (Å²) < 4.78 is 6.64. The first-order valence-corrected chi connectivity index (χ1v) is 3.42. The van der Waals surface area contributed by atoms with E-state index in [4.69, 9.17) is 1.41 Å². The Morgan fingerprint density at radius 1 is 1.50 bits per heavy atom. The molecule has 0 amide bonds. The van der Waals surface area contributed by atoms with Gasteiger partial charge in [-0.15, -0.1) is 0 Å². The molecule has 0 aliphatic rings. The minimum atomic E-state index is 0.815. The predicted molar refractivity (Wildman–Crippen MR) is 37.7 cm³/mol. The lowest BCUT2D eigenvalue weighted by Crippen LogP contribution is -1.98. The molecule has 0 atom stereocenters. The van der Waals surface area contributed by atoms with Crippen LogP contribution in [0.4, 0.5) is 0 Å². The average Bonchev–Trinajstić information content (AvgIpc) is 1.80. The smallest absolute Gasteiger partial charge is 0.118 e. The van der Waals surface area contributed by atoms with E-state index < -0.39 is 0 Å². The second kappa shape index (κ2) is 5.10. The molecule has 0 fully saturated rings. The third-order valence-electron chi connectivity index (χ3n) is 1.21. The fourth-order valence-corrected chi connectivity index (χ4v) is 0.678. The third-order valence-corrected chi connectivity index (χ3v) is 1.21. The molecular formula is C7H17N. The van der Waals surface area contributed by atoms with Crippen LogP contribution < -0.4 is 5.73 Å². The number of hydrogen-bond donors (Lipinski definition) is 1. The van der Waals surface area contributed by atoms with Gasteiger partial charge < -0.3 is 5.73 Å². The van der Waals surface area contributed by atoms with Crippen molar-refractivity contribution >= 4 is 0 Å². The highest BCUT2D eigenvalue weighted by Crippen LogP contribution is 2.04. The molecule has 0 aromatic rings. The van der Waals surface area contributed by atoms with Crippen molar-refractivity contribution in [3.63, 3.8) is 0 Å². The summed E-state index contributed by atoms with van der Waals surface area (Å²) in [6.45, 7) is 5.30. The minimum absolute atomic E-state index is 0.815. The van der Waals surface area contributed by atoms with Gasteiger partial charge >= 0.3 is 0 Å². The van der Waals surface area contributed by atoms with Gasteiger partial charge in [-0.05, 0) is 18.9 Å². The Morgan fingerprint density at radius 2 is 2.25 bits per heavy atom. The van der Waals surface area contributed by atoms with Gasteiger partial charge in [-0.2, -0.15) is 0 Å². The zero-order valence-corrected chi connectivity index (χ0v) is 5.91. The van der Waals surface area contributed by atoms with Crippen LogP contribution in [-0.2, 0) is 0 Å². The van der Waals surface area contributed by atoms with E-state index in [9.17, 15) is 0 Å². The van der Waals surface area contributed by atoms with Crippen molar-refractivity contribution in [3.05, 3.63) is 0 Å². The second-order valence-electron chi connectivity index (χ2n) is 2.64. The molecular weight excluding hydrogens is 98.1 g/mol. The fourth-order valence-electron chi connectivity index (χ4n) is 0.678. The maximum atomic E-state index is 6.64. The average molecular weight is 116 g/mol. The van der Waals surface area contributed by atoms with Gasteiger partial charge in [0, 0.05) is 0 Å². The molecule has 0 rings (SSSR count). The van der Waals surface area contributed by atoms with Crippen molar-refractivity contribution in [3.8, 4) is 0 Å². The van der Waals surface area contributed by atoms with Crippen molar-refractivity contribution in [1.29, 1.82) is 0 Å².